The molecule has 1 unspecified atom stereocenters. The predicted octanol–water partition coefficient (Wildman–Crippen LogP) is 0.850. The first kappa shape index (κ1) is 12.0. The molecule has 0 fully saturated rings. The van der Waals surface area contributed by atoms with E-state index in [-0.39, 0.29) is 10.6 Å². The molecule has 0 saturated carbocycles. The molecular weight excluding hydrogens is 216 g/mol. The Bertz CT molecular complexity index is 423. The van der Waals surface area contributed by atoms with E-state index in [0.717, 1.165) is 0 Å². The van der Waals surface area contributed by atoms with E-state index in [0.29, 0.717) is 5.75 Å². The molecule has 1 aromatic rings. The van der Waals surface area contributed by atoms with Crippen molar-refractivity contribution in [1.29, 1.82) is 0 Å². The molecule has 1 rings (SSSR count). The Kier molecular flexibility index (Phi) is 3.71. The lowest BCUT2D eigenvalue weighted by atomic mass is 10.3. The first-order valence-electron chi connectivity index (χ1n) is 4.51. The summed E-state index contributed by atoms with van der Waals surface area (Å²) in [6.45, 7) is 1.44. The maximum Gasteiger partial charge on any atom is 0.184 e. The Morgan fingerprint density at radius 2 is 2.00 bits per heavy atom. The fourth-order valence-electron chi connectivity index (χ4n) is 1.28. The van der Waals surface area contributed by atoms with Gasteiger partial charge in [-0.2, -0.15) is 0 Å². The third-order valence-corrected chi connectivity index (χ3v) is 3.79. The Morgan fingerprint density at radius 3 is 2.53 bits per heavy atom. The number of sulfone groups is 1. The van der Waals surface area contributed by atoms with Gasteiger partial charge in [0, 0.05) is 0 Å². The highest BCUT2D eigenvalue weighted by atomic mass is 32.2. The van der Waals surface area contributed by atoms with Crippen molar-refractivity contribution >= 4 is 9.84 Å². The van der Waals surface area contributed by atoms with Crippen LogP contribution in [0.25, 0.3) is 0 Å². The molecule has 0 aliphatic rings. The van der Waals surface area contributed by atoms with Gasteiger partial charge in [0.25, 0.3) is 0 Å². The average molecular weight is 230 g/mol. The molecule has 5 heteroatoms. The highest BCUT2D eigenvalue weighted by molar-refractivity contribution is 7.91. The standard InChI is InChI=1S/C10H14O4S/c1-8(11)7-15(12,13)10-6-4-3-5-9(10)14-2/h3-6,8,11H,7H2,1-2H3. The molecule has 4 nitrogen and oxygen atoms in total. The summed E-state index contributed by atoms with van der Waals surface area (Å²) < 4.78 is 28.5. The van der Waals surface area contributed by atoms with Gasteiger partial charge in [-0.1, -0.05) is 12.1 Å². The van der Waals surface area contributed by atoms with Crippen LogP contribution in [0.4, 0.5) is 0 Å². The van der Waals surface area contributed by atoms with Crippen molar-refractivity contribution in [2.75, 3.05) is 12.9 Å². The van der Waals surface area contributed by atoms with Crippen LogP contribution in [0.5, 0.6) is 5.75 Å². The number of benzene rings is 1. The van der Waals surface area contributed by atoms with Gasteiger partial charge in [-0.15, -0.1) is 0 Å². The maximum absolute atomic E-state index is 11.8. The smallest absolute Gasteiger partial charge is 0.184 e. The number of aliphatic hydroxyl groups is 1. The van der Waals surface area contributed by atoms with Gasteiger partial charge in [-0.25, -0.2) is 8.42 Å². The fraction of sp³-hybridized carbons (Fsp3) is 0.400. The van der Waals surface area contributed by atoms with E-state index in [4.69, 9.17) is 9.84 Å². The van der Waals surface area contributed by atoms with E-state index in [1.807, 2.05) is 0 Å². The van der Waals surface area contributed by atoms with Gasteiger partial charge in [0.05, 0.1) is 19.0 Å². The zero-order chi connectivity index (χ0) is 11.5. The van der Waals surface area contributed by atoms with Crippen LogP contribution in [-0.2, 0) is 9.84 Å². The van der Waals surface area contributed by atoms with Crippen molar-refractivity contribution in [2.45, 2.75) is 17.9 Å². The molecule has 0 radical (unpaired) electrons. The number of hydrogen-bond acceptors (Lipinski definition) is 4. The van der Waals surface area contributed by atoms with Crippen molar-refractivity contribution in [1.82, 2.24) is 0 Å². The van der Waals surface area contributed by atoms with E-state index in [9.17, 15) is 8.42 Å². The molecule has 0 aliphatic heterocycles. The van der Waals surface area contributed by atoms with Gasteiger partial charge in [0.2, 0.25) is 0 Å². The third-order valence-electron chi connectivity index (χ3n) is 1.86. The molecule has 1 aromatic carbocycles. The monoisotopic (exact) mass is 230 g/mol. The number of para-hydroxylation sites is 1. The van der Waals surface area contributed by atoms with Crippen LogP contribution in [0.3, 0.4) is 0 Å². The van der Waals surface area contributed by atoms with Crippen LogP contribution in [-0.4, -0.2) is 32.5 Å². The highest BCUT2D eigenvalue weighted by Crippen LogP contribution is 2.24. The third kappa shape index (κ3) is 2.94. The molecule has 0 spiro atoms. The van der Waals surface area contributed by atoms with Crippen molar-refractivity contribution < 1.29 is 18.3 Å². The van der Waals surface area contributed by atoms with Gasteiger partial charge in [-0.05, 0) is 19.1 Å². The molecule has 1 atom stereocenters. The summed E-state index contributed by atoms with van der Waals surface area (Å²) in [5.74, 6) is 0.00560. The van der Waals surface area contributed by atoms with Crippen LogP contribution in [0.2, 0.25) is 0 Å². The lowest BCUT2D eigenvalue weighted by Gasteiger charge is -2.10. The number of aliphatic hydroxyl groups excluding tert-OH is 1. The number of ether oxygens (including phenoxy) is 1. The summed E-state index contributed by atoms with van der Waals surface area (Å²) in [7, 11) is -2.06. The molecule has 84 valence electrons. The fourth-order valence-corrected chi connectivity index (χ4v) is 2.84. The summed E-state index contributed by atoms with van der Waals surface area (Å²) in [6.07, 6.45) is -0.889. The number of hydrogen-bond donors (Lipinski definition) is 1. The molecule has 0 amide bonds. The molecule has 0 aliphatic carbocycles. The molecule has 0 bridgehead atoms. The molecule has 15 heavy (non-hydrogen) atoms. The summed E-state index contributed by atoms with van der Waals surface area (Å²) in [4.78, 5) is 0.119. The Labute approximate surface area is 89.4 Å². The number of methoxy groups -OCH3 is 1. The first-order valence-corrected chi connectivity index (χ1v) is 6.16. The summed E-state index contributed by atoms with van der Waals surface area (Å²) >= 11 is 0. The van der Waals surface area contributed by atoms with Crippen LogP contribution in [0.15, 0.2) is 29.2 Å². The summed E-state index contributed by atoms with van der Waals surface area (Å²) in [5, 5.41) is 9.09. The van der Waals surface area contributed by atoms with Crippen molar-refractivity contribution in [3.05, 3.63) is 24.3 Å². The van der Waals surface area contributed by atoms with Gasteiger partial charge in [0.15, 0.2) is 9.84 Å². The Morgan fingerprint density at radius 1 is 1.40 bits per heavy atom. The van der Waals surface area contributed by atoms with Gasteiger partial charge >= 0.3 is 0 Å². The minimum Gasteiger partial charge on any atom is -0.495 e. The molecule has 0 saturated heterocycles. The zero-order valence-corrected chi connectivity index (χ0v) is 9.49. The number of rotatable bonds is 4. The van der Waals surface area contributed by atoms with E-state index in [2.05, 4.69) is 0 Å². The largest absolute Gasteiger partial charge is 0.495 e. The quantitative estimate of drug-likeness (QED) is 0.833. The lowest BCUT2D eigenvalue weighted by Crippen LogP contribution is -2.18. The SMILES string of the molecule is COc1ccccc1S(=O)(=O)CC(C)O. The van der Waals surface area contributed by atoms with E-state index >= 15 is 0 Å². The van der Waals surface area contributed by atoms with Crippen LogP contribution in [0.1, 0.15) is 6.92 Å². The van der Waals surface area contributed by atoms with Gasteiger partial charge < -0.3 is 9.84 Å². The van der Waals surface area contributed by atoms with E-state index in [1.165, 1.54) is 20.1 Å². The predicted molar refractivity (Wildman–Crippen MR) is 56.7 cm³/mol. The highest BCUT2D eigenvalue weighted by Gasteiger charge is 2.20. The van der Waals surface area contributed by atoms with Crippen LogP contribution >= 0.6 is 0 Å². The summed E-state index contributed by atoms with van der Waals surface area (Å²) in [6, 6.07) is 6.36. The van der Waals surface area contributed by atoms with Gasteiger partial charge in [-0.3, -0.25) is 0 Å². The maximum atomic E-state index is 11.8. The molecule has 1 N–H and O–H groups in total. The van der Waals surface area contributed by atoms with Crippen molar-refractivity contribution in [3.63, 3.8) is 0 Å². The van der Waals surface area contributed by atoms with Crippen molar-refractivity contribution in [3.8, 4) is 5.75 Å². The Hall–Kier alpha value is -1.07. The van der Waals surface area contributed by atoms with Crippen LogP contribution in [0, 0.1) is 0 Å². The molecule has 0 heterocycles. The second-order valence-electron chi connectivity index (χ2n) is 3.28. The lowest BCUT2D eigenvalue weighted by molar-refractivity contribution is 0.218. The normalized spacial score (nSPS) is 13.5. The van der Waals surface area contributed by atoms with Gasteiger partial charge in [0.1, 0.15) is 10.6 Å². The topological polar surface area (TPSA) is 63.6 Å². The van der Waals surface area contributed by atoms with Crippen LogP contribution < -0.4 is 4.74 Å². The average Bonchev–Trinajstić information content (AvgIpc) is 2.16. The second-order valence-corrected chi connectivity index (χ2v) is 5.28. The first-order chi connectivity index (χ1) is 6.97. The molecule has 0 aromatic heterocycles. The van der Waals surface area contributed by atoms with E-state index < -0.39 is 15.9 Å². The van der Waals surface area contributed by atoms with Crippen molar-refractivity contribution in [2.24, 2.45) is 0 Å². The van der Waals surface area contributed by atoms with E-state index in [1.54, 1.807) is 18.2 Å². The summed E-state index contributed by atoms with van der Waals surface area (Å²) in [5.41, 5.74) is 0. The molecular formula is C10H14O4S. The second kappa shape index (κ2) is 4.63. The zero-order valence-electron chi connectivity index (χ0n) is 8.67. The Balaban J connectivity index is 3.15. The minimum atomic E-state index is -3.48. The minimum absolute atomic E-state index is 0.119.